The lowest BCUT2D eigenvalue weighted by atomic mass is 9.85. The van der Waals surface area contributed by atoms with Crippen molar-refractivity contribution in [1.29, 1.82) is 5.41 Å². The largest absolute Gasteiger partial charge is 0.405 e. The van der Waals surface area contributed by atoms with E-state index in [9.17, 15) is 0 Å². The molecule has 0 aliphatic carbocycles. The van der Waals surface area contributed by atoms with Gasteiger partial charge in [-0.3, -0.25) is 5.41 Å². The second-order valence-corrected chi connectivity index (χ2v) is 9.21. The zero-order chi connectivity index (χ0) is 10.4. The van der Waals surface area contributed by atoms with Crippen LogP contribution in [0.2, 0.25) is 5.67 Å². The van der Waals surface area contributed by atoms with Crippen molar-refractivity contribution in [3.63, 3.8) is 0 Å². The van der Waals surface area contributed by atoms with E-state index in [1.165, 1.54) is 15.9 Å². The molecule has 0 rings (SSSR count). The molecule has 0 amide bonds. The van der Waals surface area contributed by atoms with E-state index in [2.05, 4.69) is 32.7 Å². The van der Waals surface area contributed by atoms with Crippen LogP contribution >= 0.6 is 0 Å². The lowest BCUT2D eigenvalue weighted by molar-refractivity contribution is 0.375. The molecule has 0 saturated carbocycles. The van der Waals surface area contributed by atoms with Crippen LogP contribution in [-0.4, -0.2) is 25.8 Å². The molecule has 0 aromatic carbocycles. The van der Waals surface area contributed by atoms with Crippen molar-refractivity contribution in [2.75, 3.05) is 0 Å². The molecule has 0 heterocycles. The Bertz CT molecular complexity index is 150. The van der Waals surface area contributed by atoms with Crippen molar-refractivity contribution in [3.05, 3.63) is 0 Å². The first kappa shape index (κ1) is 12.9. The van der Waals surface area contributed by atoms with Gasteiger partial charge in [0.2, 0.25) is 0 Å². The Balaban J connectivity index is 4.13. The molecule has 0 spiro atoms. The standard InChI is InChI=1S/C9H24N2Si2/c1-6(2)8(7(3)4)9(10)11-13-5-12/h6-8H,5,13H2,1-4,12H3,(H2,10,11). The first-order valence-corrected chi connectivity index (χ1v) is 8.45. The highest BCUT2D eigenvalue weighted by molar-refractivity contribution is 6.47. The average molecular weight is 216 g/mol. The normalized spacial score (nSPS) is 12.5. The molecule has 2 nitrogen and oxygen atoms in total. The zero-order valence-electron chi connectivity index (χ0n) is 9.65. The highest BCUT2D eigenvalue weighted by Crippen LogP contribution is 2.20. The molecule has 13 heavy (non-hydrogen) atoms. The minimum absolute atomic E-state index is 0.145. The second-order valence-electron chi connectivity index (χ2n) is 4.35. The second kappa shape index (κ2) is 6.37. The third kappa shape index (κ3) is 4.62. The van der Waals surface area contributed by atoms with Crippen LogP contribution < -0.4 is 4.98 Å². The summed E-state index contributed by atoms with van der Waals surface area (Å²) in [6, 6.07) is 0. The van der Waals surface area contributed by atoms with Crippen LogP contribution in [0.15, 0.2) is 0 Å². The maximum Gasteiger partial charge on any atom is 0.118 e. The summed E-state index contributed by atoms with van der Waals surface area (Å²) < 4.78 is 0. The molecule has 0 aromatic rings. The topological polar surface area (TPSA) is 35.9 Å². The summed E-state index contributed by atoms with van der Waals surface area (Å²) in [6.45, 7) is 8.85. The molecule has 0 aliphatic rings. The molecule has 2 N–H and O–H groups in total. The number of rotatable bonds is 5. The number of hydrogen-bond acceptors (Lipinski definition) is 1. The zero-order valence-corrected chi connectivity index (χ0v) is 13.1. The van der Waals surface area contributed by atoms with Crippen molar-refractivity contribution in [2.45, 2.75) is 33.4 Å². The summed E-state index contributed by atoms with van der Waals surface area (Å²) in [6.07, 6.45) is 0. The Morgan fingerprint density at radius 3 is 2.08 bits per heavy atom. The summed E-state index contributed by atoms with van der Waals surface area (Å²) in [7, 11) is 1.14. The molecule has 0 radical (unpaired) electrons. The van der Waals surface area contributed by atoms with Gasteiger partial charge in [-0.05, 0) is 11.8 Å². The SMILES string of the molecule is CC(C)C(C(=N)N[SiH2]C[SiH3])C(C)C. The van der Waals surface area contributed by atoms with E-state index in [-0.39, 0.29) is 9.68 Å². The van der Waals surface area contributed by atoms with Gasteiger partial charge in [0.15, 0.2) is 0 Å². The lowest BCUT2D eigenvalue weighted by Crippen LogP contribution is -2.37. The van der Waals surface area contributed by atoms with Gasteiger partial charge in [-0.15, -0.1) is 0 Å². The Morgan fingerprint density at radius 1 is 1.31 bits per heavy atom. The van der Waals surface area contributed by atoms with Gasteiger partial charge in [0.1, 0.15) is 9.68 Å². The Hall–Kier alpha value is -0.0962. The first-order valence-electron chi connectivity index (χ1n) is 5.33. The highest BCUT2D eigenvalue weighted by atomic mass is 28.3. The average Bonchev–Trinajstić information content (AvgIpc) is 1.99. The molecule has 0 atom stereocenters. The van der Waals surface area contributed by atoms with Crippen LogP contribution in [0.1, 0.15) is 27.7 Å². The van der Waals surface area contributed by atoms with E-state index in [1.54, 1.807) is 0 Å². The summed E-state index contributed by atoms with van der Waals surface area (Å²) in [4.78, 5) is 3.35. The van der Waals surface area contributed by atoms with Gasteiger partial charge >= 0.3 is 0 Å². The number of hydrogen-bond donors (Lipinski definition) is 2. The van der Waals surface area contributed by atoms with E-state index < -0.39 is 0 Å². The highest BCUT2D eigenvalue weighted by Gasteiger charge is 2.21. The monoisotopic (exact) mass is 216 g/mol. The van der Waals surface area contributed by atoms with E-state index in [0.29, 0.717) is 17.8 Å². The molecule has 0 aliphatic heterocycles. The minimum atomic E-state index is -0.145. The summed E-state index contributed by atoms with van der Waals surface area (Å²) in [5.41, 5.74) is 1.37. The van der Waals surface area contributed by atoms with E-state index >= 15 is 0 Å². The maximum atomic E-state index is 7.95. The van der Waals surface area contributed by atoms with Gasteiger partial charge < -0.3 is 4.98 Å². The van der Waals surface area contributed by atoms with Crippen LogP contribution in [0.3, 0.4) is 0 Å². The Morgan fingerprint density at radius 2 is 1.77 bits per heavy atom. The van der Waals surface area contributed by atoms with Crippen LogP contribution in [0.25, 0.3) is 0 Å². The summed E-state index contributed by atoms with van der Waals surface area (Å²) in [5.74, 6) is 2.40. The Labute approximate surface area is 87.7 Å². The van der Waals surface area contributed by atoms with Crippen LogP contribution in [0.5, 0.6) is 0 Å². The predicted octanol–water partition coefficient (Wildman–Crippen LogP) is 0.306. The predicted molar refractivity (Wildman–Crippen MR) is 67.3 cm³/mol. The first-order chi connectivity index (χ1) is 6.00. The molecule has 78 valence electrons. The Kier molecular flexibility index (Phi) is 6.32. The maximum absolute atomic E-state index is 7.95. The minimum Gasteiger partial charge on any atom is -0.405 e. The van der Waals surface area contributed by atoms with Crippen molar-refractivity contribution in [1.82, 2.24) is 4.98 Å². The fourth-order valence-electron chi connectivity index (χ4n) is 1.81. The van der Waals surface area contributed by atoms with E-state index in [0.717, 1.165) is 5.84 Å². The number of amidine groups is 1. The van der Waals surface area contributed by atoms with Crippen molar-refractivity contribution in [2.24, 2.45) is 17.8 Å². The summed E-state index contributed by atoms with van der Waals surface area (Å²) in [5, 5.41) is 7.95. The van der Waals surface area contributed by atoms with Crippen molar-refractivity contribution in [3.8, 4) is 0 Å². The van der Waals surface area contributed by atoms with Crippen molar-refractivity contribution < 1.29 is 0 Å². The fourth-order valence-corrected chi connectivity index (χ4v) is 3.32. The van der Waals surface area contributed by atoms with E-state index in [1.807, 2.05) is 0 Å². The third-order valence-corrected chi connectivity index (χ3v) is 4.97. The summed E-state index contributed by atoms with van der Waals surface area (Å²) >= 11 is 0. The lowest BCUT2D eigenvalue weighted by Gasteiger charge is -2.26. The fraction of sp³-hybridized carbons (Fsp3) is 0.889. The van der Waals surface area contributed by atoms with Gasteiger partial charge in [0.25, 0.3) is 0 Å². The van der Waals surface area contributed by atoms with Gasteiger partial charge in [0.05, 0.1) is 5.84 Å². The smallest absolute Gasteiger partial charge is 0.118 e. The molecule has 0 bridgehead atoms. The molecular weight excluding hydrogens is 192 g/mol. The van der Waals surface area contributed by atoms with Gasteiger partial charge in [-0.25, -0.2) is 0 Å². The molecule has 0 saturated heterocycles. The van der Waals surface area contributed by atoms with Crippen LogP contribution in [-0.2, 0) is 0 Å². The molecular formula is C9H24N2Si2. The van der Waals surface area contributed by atoms with Gasteiger partial charge in [-0.1, -0.05) is 33.4 Å². The molecule has 0 unspecified atom stereocenters. The quantitative estimate of drug-likeness (QED) is 0.387. The molecule has 0 fully saturated rings. The number of nitrogens with one attached hydrogen (secondary N) is 2. The molecule has 4 heteroatoms. The van der Waals surface area contributed by atoms with Crippen LogP contribution in [0.4, 0.5) is 0 Å². The molecule has 0 aromatic heterocycles. The van der Waals surface area contributed by atoms with Gasteiger partial charge in [0, 0.05) is 16.2 Å². The van der Waals surface area contributed by atoms with E-state index in [4.69, 9.17) is 5.41 Å². The van der Waals surface area contributed by atoms with Crippen molar-refractivity contribution >= 4 is 25.8 Å². The van der Waals surface area contributed by atoms with Gasteiger partial charge in [-0.2, -0.15) is 0 Å². The van der Waals surface area contributed by atoms with Crippen LogP contribution in [0, 0.1) is 23.2 Å². The third-order valence-electron chi connectivity index (χ3n) is 2.34.